The number of H-pyrrole nitrogens is 1. The number of benzene rings is 1. The van der Waals surface area contributed by atoms with Crippen molar-refractivity contribution in [2.75, 3.05) is 24.7 Å². The van der Waals surface area contributed by atoms with E-state index in [0.717, 1.165) is 0 Å². The van der Waals surface area contributed by atoms with E-state index in [9.17, 15) is 18.0 Å². The van der Waals surface area contributed by atoms with Crippen molar-refractivity contribution < 1.29 is 26.3 Å². The molecule has 1 saturated heterocycles. The van der Waals surface area contributed by atoms with E-state index in [0.29, 0.717) is 31.0 Å². The van der Waals surface area contributed by atoms with Gasteiger partial charge in [-0.3, -0.25) is 4.79 Å². The zero-order chi connectivity index (χ0) is 22.6. The minimum absolute atomic E-state index is 0.0135. The number of rotatable bonds is 2. The third kappa shape index (κ3) is 5.83. The first kappa shape index (κ1) is 23.9. The fourth-order valence-electron chi connectivity index (χ4n) is 3.36. The van der Waals surface area contributed by atoms with E-state index in [-0.39, 0.29) is 22.9 Å². The Morgan fingerprint density at radius 3 is 2.43 bits per heavy atom. The molecule has 166 valence electrons. The van der Waals surface area contributed by atoms with Crippen LogP contribution in [0.1, 0.15) is 23.6 Å². The van der Waals surface area contributed by atoms with Crippen LogP contribution in [0, 0.1) is 13.8 Å². The molecule has 0 amide bonds. The first-order chi connectivity index (χ1) is 13.9. The lowest BCUT2D eigenvalue weighted by Crippen LogP contribution is -2.44. The van der Waals surface area contributed by atoms with Gasteiger partial charge in [0, 0.05) is 29.9 Å². The molecule has 2 aromatic rings. The van der Waals surface area contributed by atoms with Crippen LogP contribution in [0.3, 0.4) is 0 Å². The number of nitrogens with one attached hydrogen (secondary N) is 1. The minimum Gasteiger partial charge on any atom is -0.377 e. The van der Waals surface area contributed by atoms with Crippen molar-refractivity contribution in [2.45, 2.75) is 33.0 Å². The van der Waals surface area contributed by atoms with Crippen molar-refractivity contribution >= 4 is 16.6 Å². The van der Waals surface area contributed by atoms with Crippen molar-refractivity contribution in [1.82, 2.24) is 4.98 Å². The summed E-state index contributed by atoms with van der Waals surface area (Å²) in [5.74, 6) is 0. The van der Waals surface area contributed by atoms with Crippen molar-refractivity contribution in [1.29, 1.82) is 0 Å². The summed E-state index contributed by atoms with van der Waals surface area (Å²) in [4.78, 5) is 16.7. The third-order valence-corrected chi connectivity index (χ3v) is 4.84. The number of pyridine rings is 1. The number of nitrogens with zero attached hydrogens (tertiary/aromatic N) is 1. The number of nitrogens with two attached hydrogens (primary N) is 1. The van der Waals surface area contributed by atoms with Crippen LogP contribution < -0.4 is 15.6 Å². The monoisotopic (exact) mass is 447 g/mol. The van der Waals surface area contributed by atoms with Crippen LogP contribution in [0.25, 0.3) is 11.3 Å². The molecule has 1 aromatic carbocycles. The van der Waals surface area contributed by atoms with Crippen molar-refractivity contribution in [3.05, 3.63) is 51.3 Å². The Hall–Kier alpha value is -2.37. The molecule has 2 heterocycles. The van der Waals surface area contributed by atoms with Gasteiger partial charge in [0.2, 0.25) is 5.56 Å². The molecular formula is C19H24F3N3O4S. The molecule has 1 aromatic heterocycles. The average Bonchev–Trinajstić information content (AvgIpc) is 2.62. The SMILES string of the molecule is Cc1ccc(-c2cc(N3CCOCC3C)cc(=O)[nH]2)c(C(F)(F)F)c1C.N[SH](=O)=O. The zero-order valence-electron chi connectivity index (χ0n) is 16.7. The van der Waals surface area contributed by atoms with E-state index in [1.165, 1.54) is 19.1 Å². The number of aryl methyl sites for hydroxylation is 1. The molecule has 11 heteroatoms. The molecule has 0 bridgehead atoms. The lowest BCUT2D eigenvalue weighted by Gasteiger charge is -2.35. The molecule has 1 fully saturated rings. The third-order valence-electron chi connectivity index (χ3n) is 4.84. The average molecular weight is 447 g/mol. The fraction of sp³-hybridized carbons (Fsp3) is 0.421. The van der Waals surface area contributed by atoms with E-state index in [1.54, 1.807) is 19.1 Å². The number of halogens is 3. The van der Waals surface area contributed by atoms with E-state index in [2.05, 4.69) is 10.1 Å². The summed E-state index contributed by atoms with van der Waals surface area (Å²) < 4.78 is 64.0. The maximum Gasteiger partial charge on any atom is 0.417 e. The molecule has 0 aliphatic carbocycles. The minimum atomic E-state index is -4.51. The highest BCUT2D eigenvalue weighted by Crippen LogP contribution is 2.40. The zero-order valence-corrected chi connectivity index (χ0v) is 17.6. The molecule has 0 spiro atoms. The molecule has 3 rings (SSSR count). The first-order valence-corrected chi connectivity index (χ1v) is 10.3. The smallest absolute Gasteiger partial charge is 0.377 e. The Morgan fingerprint density at radius 2 is 1.87 bits per heavy atom. The van der Waals surface area contributed by atoms with Crippen molar-refractivity contribution in [2.24, 2.45) is 5.14 Å². The van der Waals surface area contributed by atoms with Gasteiger partial charge in [-0.2, -0.15) is 13.2 Å². The normalized spacial score (nSPS) is 16.9. The molecule has 7 nitrogen and oxygen atoms in total. The topological polar surface area (TPSA) is 105 Å². The van der Waals surface area contributed by atoms with Gasteiger partial charge in [-0.15, -0.1) is 0 Å². The van der Waals surface area contributed by atoms with Gasteiger partial charge < -0.3 is 14.6 Å². The fourth-order valence-corrected chi connectivity index (χ4v) is 3.36. The molecule has 3 N–H and O–H groups in total. The number of hydrogen-bond acceptors (Lipinski definition) is 5. The van der Waals surface area contributed by atoms with Crippen LogP contribution in [-0.4, -0.2) is 39.2 Å². The van der Waals surface area contributed by atoms with E-state index in [4.69, 9.17) is 13.2 Å². The number of aromatic nitrogens is 1. The van der Waals surface area contributed by atoms with Crippen LogP contribution >= 0.6 is 0 Å². The Kier molecular flexibility index (Phi) is 7.67. The highest BCUT2D eigenvalue weighted by atomic mass is 32.2. The molecule has 1 unspecified atom stereocenters. The second-order valence-corrected chi connectivity index (χ2v) is 7.52. The van der Waals surface area contributed by atoms with Crippen LogP contribution in [-0.2, 0) is 21.8 Å². The Labute approximate surface area is 173 Å². The summed E-state index contributed by atoms with van der Waals surface area (Å²) in [7, 11) is -2.62. The molecule has 1 aliphatic rings. The second-order valence-electron chi connectivity index (χ2n) is 6.95. The molecule has 30 heavy (non-hydrogen) atoms. The van der Waals surface area contributed by atoms with E-state index >= 15 is 0 Å². The number of ether oxygens (including phenoxy) is 1. The van der Waals surface area contributed by atoms with Crippen molar-refractivity contribution in [3.63, 3.8) is 0 Å². The predicted octanol–water partition coefficient (Wildman–Crippen LogP) is 2.37. The van der Waals surface area contributed by atoms with Gasteiger partial charge >= 0.3 is 6.18 Å². The van der Waals surface area contributed by atoms with Gasteiger partial charge in [0.05, 0.1) is 24.5 Å². The summed E-state index contributed by atoms with van der Waals surface area (Å²) in [5.41, 5.74) is 0.346. The maximum atomic E-state index is 13.7. The molecule has 0 saturated carbocycles. The maximum absolute atomic E-state index is 13.7. The van der Waals surface area contributed by atoms with E-state index in [1.807, 2.05) is 11.8 Å². The highest BCUT2D eigenvalue weighted by molar-refractivity contribution is 7.69. The number of hydrogen-bond donors (Lipinski definition) is 3. The predicted molar refractivity (Wildman–Crippen MR) is 109 cm³/mol. The second kappa shape index (κ2) is 9.63. The van der Waals surface area contributed by atoms with E-state index < -0.39 is 28.2 Å². The lowest BCUT2D eigenvalue weighted by molar-refractivity contribution is -0.137. The van der Waals surface area contributed by atoms with Crippen molar-refractivity contribution in [3.8, 4) is 11.3 Å². The number of aromatic amines is 1. The number of anilines is 1. The summed E-state index contributed by atoms with van der Waals surface area (Å²) in [5, 5.41) is 4.06. The summed E-state index contributed by atoms with van der Waals surface area (Å²) in [6.45, 7) is 6.67. The number of alkyl halides is 3. The summed E-state index contributed by atoms with van der Waals surface area (Å²) >= 11 is 0. The molecule has 1 atom stereocenters. The molecular weight excluding hydrogens is 423 g/mol. The van der Waals surface area contributed by atoms with Crippen LogP contribution in [0.5, 0.6) is 0 Å². The number of morpholine rings is 1. The Bertz CT molecular complexity index is 1030. The molecule has 1 aliphatic heterocycles. The number of thiol groups is 1. The van der Waals surface area contributed by atoms with Gasteiger partial charge in [0.25, 0.3) is 0 Å². The van der Waals surface area contributed by atoms with Crippen LogP contribution in [0.4, 0.5) is 18.9 Å². The van der Waals surface area contributed by atoms with Gasteiger partial charge in [-0.25, -0.2) is 13.6 Å². The Balaban J connectivity index is 0.000000735. The quantitative estimate of drug-likeness (QED) is 0.613. The van der Waals surface area contributed by atoms with Gasteiger partial charge in [0.1, 0.15) is 0 Å². The van der Waals surface area contributed by atoms with Gasteiger partial charge in [0.15, 0.2) is 10.9 Å². The lowest BCUT2D eigenvalue weighted by atomic mass is 9.94. The first-order valence-electron chi connectivity index (χ1n) is 9.07. The summed E-state index contributed by atoms with van der Waals surface area (Å²) in [6.07, 6.45) is -4.51. The van der Waals surface area contributed by atoms with Crippen LogP contribution in [0.2, 0.25) is 0 Å². The largest absolute Gasteiger partial charge is 0.417 e. The Morgan fingerprint density at radius 1 is 1.23 bits per heavy atom. The van der Waals surface area contributed by atoms with Gasteiger partial charge in [-0.05, 0) is 38.0 Å². The molecule has 0 radical (unpaired) electrons. The standard InChI is InChI=1S/C19H21F3N2O2.H3NO2S/c1-11-4-5-15(18(13(11)3)19(20,21)22)16-8-14(9-17(25)23-16)24-6-7-26-10-12(24)2;1-4(2)3/h4-5,8-9,12H,6-7,10H2,1-3H3,(H,23,25);4H,(H2,1,2,3). The van der Waals surface area contributed by atoms with Crippen LogP contribution in [0.15, 0.2) is 29.1 Å². The highest BCUT2D eigenvalue weighted by Gasteiger charge is 2.36. The summed E-state index contributed by atoms with van der Waals surface area (Å²) in [6, 6.07) is 6.13. The van der Waals surface area contributed by atoms with Gasteiger partial charge in [-0.1, -0.05) is 12.1 Å².